The molecule has 1 aromatic carbocycles. The Bertz CT molecular complexity index is 810. The van der Waals surface area contributed by atoms with Crippen LogP contribution in [0.2, 0.25) is 0 Å². The van der Waals surface area contributed by atoms with Gasteiger partial charge >= 0.3 is 0 Å². The van der Waals surface area contributed by atoms with Crippen molar-refractivity contribution in [1.82, 2.24) is 20.3 Å². The average Bonchev–Trinajstić information content (AvgIpc) is 3.22. The van der Waals surface area contributed by atoms with Crippen LogP contribution in [0.15, 0.2) is 41.8 Å². The number of nitrogens with one attached hydrogen (secondary N) is 1. The van der Waals surface area contributed by atoms with E-state index in [4.69, 9.17) is 5.73 Å². The molecule has 0 unspecified atom stereocenters. The van der Waals surface area contributed by atoms with Crippen molar-refractivity contribution in [3.8, 4) is 5.69 Å². The lowest BCUT2D eigenvalue weighted by Crippen LogP contribution is -2.24. The summed E-state index contributed by atoms with van der Waals surface area (Å²) < 4.78 is 1.51. The molecule has 0 aliphatic rings. The second-order valence-corrected chi connectivity index (χ2v) is 6.01. The average molecular weight is 327 g/mol. The lowest BCUT2D eigenvalue weighted by molar-refractivity contribution is 0.0947. The second kappa shape index (κ2) is 6.62. The highest BCUT2D eigenvalue weighted by molar-refractivity contribution is 7.09. The first-order valence-electron chi connectivity index (χ1n) is 7.30. The maximum absolute atomic E-state index is 12.3. The van der Waals surface area contributed by atoms with Crippen LogP contribution < -0.4 is 11.1 Å². The van der Waals surface area contributed by atoms with E-state index in [9.17, 15) is 4.79 Å². The number of carbonyl (C=O) groups is 1. The molecular weight excluding hydrogens is 310 g/mol. The molecular formula is C16H17N5OS. The van der Waals surface area contributed by atoms with E-state index >= 15 is 0 Å². The van der Waals surface area contributed by atoms with Crippen LogP contribution in [0.3, 0.4) is 0 Å². The number of thiophene rings is 1. The standard InChI is InChI=1S/C16H17N5OS/c1-2-11-6-3-4-8-13(11)21-15(17)14(19-20-21)16(22)18-10-12-7-5-9-23-12/h3-9H,2,10,17H2,1H3,(H,18,22). The molecule has 0 atom stereocenters. The van der Waals surface area contributed by atoms with E-state index < -0.39 is 0 Å². The quantitative estimate of drug-likeness (QED) is 0.753. The van der Waals surface area contributed by atoms with Gasteiger partial charge in [-0.3, -0.25) is 4.79 Å². The van der Waals surface area contributed by atoms with Crippen molar-refractivity contribution < 1.29 is 4.79 Å². The van der Waals surface area contributed by atoms with Gasteiger partial charge in [-0.2, -0.15) is 4.68 Å². The molecule has 0 radical (unpaired) electrons. The summed E-state index contributed by atoms with van der Waals surface area (Å²) in [5.41, 5.74) is 8.17. The highest BCUT2D eigenvalue weighted by Crippen LogP contribution is 2.19. The number of para-hydroxylation sites is 1. The Hall–Kier alpha value is -2.67. The zero-order chi connectivity index (χ0) is 16.2. The van der Waals surface area contributed by atoms with Gasteiger partial charge in [-0.15, -0.1) is 16.4 Å². The predicted molar refractivity (Wildman–Crippen MR) is 90.6 cm³/mol. The van der Waals surface area contributed by atoms with Crippen LogP contribution in [0.5, 0.6) is 0 Å². The fourth-order valence-corrected chi connectivity index (χ4v) is 2.95. The SMILES string of the molecule is CCc1ccccc1-n1nnc(C(=O)NCc2cccs2)c1N. The molecule has 23 heavy (non-hydrogen) atoms. The van der Waals surface area contributed by atoms with E-state index in [0.29, 0.717) is 6.54 Å². The molecule has 7 heteroatoms. The fourth-order valence-electron chi connectivity index (χ4n) is 2.31. The molecule has 2 aromatic heterocycles. The third-order valence-electron chi connectivity index (χ3n) is 3.52. The van der Waals surface area contributed by atoms with Crippen molar-refractivity contribution in [2.75, 3.05) is 5.73 Å². The Labute approximate surface area is 137 Å². The molecule has 0 spiro atoms. The number of nitrogen functional groups attached to an aromatic ring is 1. The van der Waals surface area contributed by atoms with Crippen LogP contribution in [0, 0.1) is 0 Å². The van der Waals surface area contributed by atoms with Gasteiger partial charge in [0.25, 0.3) is 5.91 Å². The summed E-state index contributed by atoms with van der Waals surface area (Å²) in [6, 6.07) is 11.7. The number of aromatic nitrogens is 3. The van der Waals surface area contributed by atoms with Crippen LogP contribution in [0.1, 0.15) is 27.9 Å². The maximum Gasteiger partial charge on any atom is 0.276 e. The summed E-state index contributed by atoms with van der Waals surface area (Å²) in [5.74, 6) is -0.0780. The number of nitrogens with zero attached hydrogens (tertiary/aromatic N) is 3. The largest absolute Gasteiger partial charge is 0.382 e. The summed E-state index contributed by atoms with van der Waals surface area (Å²) in [7, 11) is 0. The number of anilines is 1. The van der Waals surface area contributed by atoms with Crippen molar-refractivity contribution in [1.29, 1.82) is 0 Å². The van der Waals surface area contributed by atoms with Crippen molar-refractivity contribution in [3.05, 3.63) is 57.9 Å². The van der Waals surface area contributed by atoms with E-state index in [2.05, 4.69) is 22.6 Å². The minimum atomic E-state index is -0.323. The van der Waals surface area contributed by atoms with Crippen LogP contribution >= 0.6 is 11.3 Å². The van der Waals surface area contributed by atoms with E-state index in [-0.39, 0.29) is 17.4 Å². The van der Waals surface area contributed by atoms with Gasteiger partial charge in [0.2, 0.25) is 0 Å². The molecule has 3 rings (SSSR count). The number of nitrogens with two attached hydrogens (primary N) is 1. The molecule has 2 heterocycles. The van der Waals surface area contributed by atoms with E-state index in [1.807, 2.05) is 41.8 Å². The number of amides is 1. The first-order chi connectivity index (χ1) is 11.2. The monoisotopic (exact) mass is 327 g/mol. The van der Waals surface area contributed by atoms with Crippen LogP contribution in [0.4, 0.5) is 5.82 Å². The van der Waals surface area contributed by atoms with Gasteiger partial charge in [0, 0.05) is 4.88 Å². The third-order valence-corrected chi connectivity index (χ3v) is 4.40. The highest BCUT2D eigenvalue weighted by atomic mass is 32.1. The van der Waals surface area contributed by atoms with Crippen molar-refractivity contribution >= 4 is 23.1 Å². The zero-order valence-corrected chi connectivity index (χ0v) is 13.5. The summed E-state index contributed by atoms with van der Waals surface area (Å²) in [5, 5.41) is 12.8. The van der Waals surface area contributed by atoms with Crippen molar-refractivity contribution in [2.24, 2.45) is 0 Å². The molecule has 3 aromatic rings. The number of aryl methyl sites for hydroxylation is 1. The number of hydrogen-bond donors (Lipinski definition) is 2. The van der Waals surface area contributed by atoms with E-state index in [0.717, 1.165) is 22.5 Å². The summed E-state index contributed by atoms with van der Waals surface area (Å²) in [6.45, 7) is 2.51. The highest BCUT2D eigenvalue weighted by Gasteiger charge is 2.19. The van der Waals surface area contributed by atoms with Gasteiger partial charge in [0.1, 0.15) is 0 Å². The first kappa shape index (κ1) is 15.2. The van der Waals surface area contributed by atoms with Gasteiger partial charge < -0.3 is 11.1 Å². The lowest BCUT2D eigenvalue weighted by atomic mass is 10.1. The Balaban J connectivity index is 1.82. The molecule has 6 nitrogen and oxygen atoms in total. The topological polar surface area (TPSA) is 85.8 Å². The lowest BCUT2D eigenvalue weighted by Gasteiger charge is -2.08. The minimum Gasteiger partial charge on any atom is -0.382 e. The van der Waals surface area contributed by atoms with Gasteiger partial charge in [-0.05, 0) is 29.5 Å². The van der Waals surface area contributed by atoms with Crippen LogP contribution in [0.25, 0.3) is 5.69 Å². The molecule has 0 saturated heterocycles. The fraction of sp³-hybridized carbons (Fsp3) is 0.188. The summed E-state index contributed by atoms with van der Waals surface area (Å²) in [6.07, 6.45) is 0.843. The normalized spacial score (nSPS) is 10.7. The molecule has 0 aliphatic carbocycles. The van der Waals surface area contributed by atoms with Gasteiger partial charge in [-0.1, -0.05) is 36.4 Å². The van der Waals surface area contributed by atoms with E-state index in [1.165, 1.54) is 4.68 Å². The number of hydrogen-bond acceptors (Lipinski definition) is 5. The second-order valence-electron chi connectivity index (χ2n) is 4.98. The van der Waals surface area contributed by atoms with Crippen LogP contribution in [-0.2, 0) is 13.0 Å². The molecule has 0 saturated carbocycles. The third kappa shape index (κ3) is 3.09. The number of carbonyl (C=O) groups excluding carboxylic acids is 1. The molecule has 3 N–H and O–H groups in total. The maximum atomic E-state index is 12.3. The van der Waals surface area contributed by atoms with Crippen molar-refractivity contribution in [3.63, 3.8) is 0 Å². The van der Waals surface area contributed by atoms with E-state index in [1.54, 1.807) is 11.3 Å². The summed E-state index contributed by atoms with van der Waals surface area (Å²) in [4.78, 5) is 13.3. The molecule has 118 valence electrons. The minimum absolute atomic E-state index is 0.146. The van der Waals surface area contributed by atoms with Gasteiger partial charge in [-0.25, -0.2) is 0 Å². The Morgan fingerprint density at radius 2 is 2.13 bits per heavy atom. The Morgan fingerprint density at radius 1 is 1.30 bits per heavy atom. The summed E-state index contributed by atoms with van der Waals surface area (Å²) >= 11 is 1.58. The zero-order valence-electron chi connectivity index (χ0n) is 12.7. The first-order valence-corrected chi connectivity index (χ1v) is 8.18. The molecule has 0 aliphatic heterocycles. The van der Waals surface area contributed by atoms with Gasteiger partial charge in [0.15, 0.2) is 11.5 Å². The molecule has 0 fully saturated rings. The van der Waals surface area contributed by atoms with Crippen molar-refractivity contribution in [2.45, 2.75) is 19.9 Å². The molecule has 1 amide bonds. The van der Waals surface area contributed by atoms with Gasteiger partial charge in [0.05, 0.1) is 12.2 Å². The smallest absolute Gasteiger partial charge is 0.276 e. The molecule has 0 bridgehead atoms. The Kier molecular flexibility index (Phi) is 4.38. The Morgan fingerprint density at radius 3 is 2.87 bits per heavy atom. The predicted octanol–water partition coefficient (Wildman–Crippen LogP) is 2.40. The number of rotatable bonds is 5. The van der Waals surface area contributed by atoms with Crippen LogP contribution in [-0.4, -0.2) is 20.9 Å². The number of benzene rings is 1.